The number of nitrogens with one attached hydrogen (secondary N) is 1. The standard InChI is InChI=1S/C3H6ClN3O/c4-1-3(5)7(6)2-8/h2,5H,1,6H2. The fourth-order valence-corrected chi connectivity index (χ4v) is 0.271. The van der Waals surface area contributed by atoms with Crippen molar-refractivity contribution in [2.45, 2.75) is 0 Å². The number of alkyl halides is 1. The molecule has 0 saturated heterocycles. The van der Waals surface area contributed by atoms with E-state index in [2.05, 4.69) is 0 Å². The number of carbonyl (C=O) groups excluding carboxylic acids is 1. The molecule has 0 aliphatic carbocycles. The number of hydrogen-bond donors (Lipinski definition) is 2. The summed E-state index contributed by atoms with van der Waals surface area (Å²) in [4.78, 5) is 9.71. The smallest absolute Gasteiger partial charge is 0.229 e. The SMILES string of the molecule is N=C(CCl)N(N)C=O. The molecular formula is C3H6ClN3O. The number of rotatable bonds is 2. The molecule has 0 unspecified atom stereocenters. The summed E-state index contributed by atoms with van der Waals surface area (Å²) in [5, 5.41) is 7.40. The Hall–Kier alpha value is -0.610. The Morgan fingerprint density at radius 1 is 2.00 bits per heavy atom. The minimum atomic E-state index is -0.110. The quantitative estimate of drug-likeness (QED) is 0.102. The fourth-order valence-electron chi connectivity index (χ4n) is 0.133. The first-order valence-electron chi connectivity index (χ1n) is 1.85. The molecule has 0 rings (SSSR count). The molecule has 5 heteroatoms. The summed E-state index contributed by atoms with van der Waals surface area (Å²) in [5.74, 6) is 4.73. The van der Waals surface area contributed by atoms with Gasteiger partial charge in [-0.15, -0.1) is 11.6 Å². The molecule has 0 bridgehead atoms. The second-order valence-corrected chi connectivity index (χ2v) is 1.36. The Balaban J connectivity index is 3.62. The molecule has 0 aromatic carbocycles. The molecule has 1 amide bonds. The maximum absolute atomic E-state index is 9.71. The summed E-state index contributed by atoms with van der Waals surface area (Å²) in [7, 11) is 0. The Morgan fingerprint density at radius 3 is 2.62 bits per heavy atom. The number of nitrogens with two attached hydrogens (primary N) is 1. The lowest BCUT2D eigenvalue weighted by atomic mass is 10.7. The average Bonchev–Trinajstić information content (AvgIpc) is 1.84. The zero-order valence-corrected chi connectivity index (χ0v) is 4.85. The van der Waals surface area contributed by atoms with Gasteiger partial charge in [0.05, 0.1) is 5.88 Å². The van der Waals surface area contributed by atoms with Crippen molar-refractivity contribution in [3.63, 3.8) is 0 Å². The van der Waals surface area contributed by atoms with Gasteiger partial charge >= 0.3 is 0 Å². The highest BCUT2D eigenvalue weighted by Crippen LogP contribution is 1.79. The molecule has 0 aliphatic heterocycles. The molecule has 0 aliphatic rings. The van der Waals surface area contributed by atoms with Crippen LogP contribution in [0.15, 0.2) is 0 Å². The van der Waals surface area contributed by atoms with Gasteiger partial charge in [0.1, 0.15) is 5.84 Å². The van der Waals surface area contributed by atoms with Crippen LogP contribution in [0, 0.1) is 5.41 Å². The van der Waals surface area contributed by atoms with Crippen molar-refractivity contribution in [1.82, 2.24) is 5.01 Å². The van der Waals surface area contributed by atoms with Crippen LogP contribution < -0.4 is 5.84 Å². The lowest BCUT2D eigenvalue weighted by Crippen LogP contribution is -2.36. The number of carbonyl (C=O) groups is 1. The van der Waals surface area contributed by atoms with Crippen LogP contribution in [0.2, 0.25) is 0 Å². The molecule has 0 atom stereocenters. The van der Waals surface area contributed by atoms with Crippen molar-refractivity contribution in [3.05, 3.63) is 0 Å². The summed E-state index contributed by atoms with van der Waals surface area (Å²) in [6, 6.07) is 0. The third-order valence-electron chi connectivity index (χ3n) is 0.552. The van der Waals surface area contributed by atoms with E-state index >= 15 is 0 Å². The topological polar surface area (TPSA) is 70.2 Å². The van der Waals surface area contributed by atoms with E-state index < -0.39 is 0 Å². The van der Waals surface area contributed by atoms with Crippen LogP contribution in [0.1, 0.15) is 0 Å². The van der Waals surface area contributed by atoms with Gasteiger partial charge in [-0.2, -0.15) is 0 Å². The summed E-state index contributed by atoms with van der Waals surface area (Å²) in [5.41, 5.74) is 0. The third-order valence-corrected chi connectivity index (χ3v) is 0.805. The number of amides is 1. The van der Waals surface area contributed by atoms with Crippen LogP contribution >= 0.6 is 11.6 Å². The van der Waals surface area contributed by atoms with Gasteiger partial charge in [-0.25, -0.2) is 10.9 Å². The lowest BCUT2D eigenvalue weighted by Gasteiger charge is -2.06. The van der Waals surface area contributed by atoms with Gasteiger partial charge in [0.15, 0.2) is 0 Å². The summed E-state index contributed by atoms with van der Waals surface area (Å²) >= 11 is 5.12. The minimum absolute atomic E-state index is 0.0464. The van der Waals surface area contributed by atoms with Gasteiger partial charge in [-0.1, -0.05) is 0 Å². The highest BCUT2D eigenvalue weighted by atomic mass is 35.5. The monoisotopic (exact) mass is 135 g/mol. The first-order chi connectivity index (χ1) is 3.72. The highest BCUT2D eigenvalue weighted by Gasteiger charge is 1.98. The van der Waals surface area contributed by atoms with Crippen molar-refractivity contribution >= 4 is 23.8 Å². The van der Waals surface area contributed by atoms with E-state index in [1.165, 1.54) is 0 Å². The van der Waals surface area contributed by atoms with Crippen LogP contribution in [-0.2, 0) is 4.79 Å². The summed E-state index contributed by atoms with van der Waals surface area (Å²) in [6.07, 6.45) is 0.324. The number of halogens is 1. The number of nitrogens with zero attached hydrogens (tertiary/aromatic N) is 1. The van der Waals surface area contributed by atoms with Crippen LogP contribution in [0.4, 0.5) is 0 Å². The number of hydrogen-bond acceptors (Lipinski definition) is 3. The van der Waals surface area contributed by atoms with Gasteiger partial charge < -0.3 is 0 Å². The average molecular weight is 136 g/mol. The highest BCUT2D eigenvalue weighted by molar-refractivity contribution is 6.28. The van der Waals surface area contributed by atoms with Crippen LogP contribution in [0.25, 0.3) is 0 Å². The largest absolute Gasteiger partial charge is 0.286 e. The first kappa shape index (κ1) is 7.39. The van der Waals surface area contributed by atoms with Crippen LogP contribution in [0.5, 0.6) is 0 Å². The minimum Gasteiger partial charge on any atom is -0.286 e. The molecule has 0 heterocycles. The molecule has 0 spiro atoms. The molecule has 46 valence electrons. The molecule has 0 saturated carbocycles. The first-order valence-corrected chi connectivity index (χ1v) is 2.38. The van der Waals surface area contributed by atoms with Crippen LogP contribution in [-0.4, -0.2) is 23.1 Å². The normalized spacial score (nSPS) is 8.25. The second-order valence-electron chi connectivity index (χ2n) is 1.09. The van der Waals surface area contributed by atoms with Gasteiger partial charge in [0.2, 0.25) is 6.41 Å². The van der Waals surface area contributed by atoms with E-state index in [1.807, 2.05) is 0 Å². The van der Waals surface area contributed by atoms with Gasteiger partial charge in [-0.3, -0.25) is 10.2 Å². The number of amidine groups is 1. The van der Waals surface area contributed by atoms with E-state index in [0.29, 0.717) is 11.4 Å². The van der Waals surface area contributed by atoms with Crippen molar-refractivity contribution in [3.8, 4) is 0 Å². The van der Waals surface area contributed by atoms with Gasteiger partial charge in [-0.05, 0) is 0 Å². The third kappa shape index (κ3) is 1.90. The Labute approximate surface area is 51.7 Å². The second kappa shape index (κ2) is 3.40. The zero-order chi connectivity index (χ0) is 6.57. The lowest BCUT2D eigenvalue weighted by molar-refractivity contribution is -0.115. The van der Waals surface area contributed by atoms with Crippen LogP contribution in [0.3, 0.4) is 0 Å². The molecule has 0 fully saturated rings. The summed E-state index contributed by atoms with van der Waals surface area (Å²) < 4.78 is 0. The molecule has 3 N–H and O–H groups in total. The van der Waals surface area contributed by atoms with Gasteiger partial charge in [0.25, 0.3) is 0 Å². The fraction of sp³-hybridized carbons (Fsp3) is 0.333. The molecule has 0 aromatic heterocycles. The molecule has 0 radical (unpaired) electrons. The Bertz CT molecular complexity index is 105. The maximum atomic E-state index is 9.71. The molecule has 0 aromatic rings. The van der Waals surface area contributed by atoms with E-state index in [9.17, 15) is 4.79 Å². The van der Waals surface area contributed by atoms with E-state index in [0.717, 1.165) is 0 Å². The maximum Gasteiger partial charge on any atom is 0.229 e. The molecule has 4 nitrogen and oxygen atoms in total. The van der Waals surface area contributed by atoms with Crippen molar-refractivity contribution < 1.29 is 4.79 Å². The van der Waals surface area contributed by atoms with E-state index in [4.69, 9.17) is 22.9 Å². The zero-order valence-electron chi connectivity index (χ0n) is 4.10. The van der Waals surface area contributed by atoms with Crippen molar-refractivity contribution in [2.24, 2.45) is 5.84 Å². The van der Waals surface area contributed by atoms with Crippen molar-refractivity contribution in [2.75, 3.05) is 5.88 Å². The predicted octanol–water partition coefficient (Wildman–Crippen LogP) is -0.465. The number of hydrazine groups is 1. The van der Waals surface area contributed by atoms with Gasteiger partial charge in [0, 0.05) is 0 Å². The van der Waals surface area contributed by atoms with E-state index in [-0.39, 0.29) is 11.7 Å². The Kier molecular flexibility index (Phi) is 3.14. The molecule has 8 heavy (non-hydrogen) atoms. The molecular weight excluding hydrogens is 130 g/mol. The summed E-state index contributed by atoms with van der Waals surface area (Å²) in [6.45, 7) is 0. The van der Waals surface area contributed by atoms with Crippen molar-refractivity contribution in [1.29, 1.82) is 5.41 Å². The predicted molar refractivity (Wildman–Crippen MR) is 30.5 cm³/mol. The Morgan fingerprint density at radius 2 is 2.50 bits per heavy atom. The van der Waals surface area contributed by atoms with E-state index in [1.54, 1.807) is 0 Å².